The van der Waals surface area contributed by atoms with E-state index in [-0.39, 0.29) is 0 Å². The second-order valence-electron chi connectivity index (χ2n) is 27.6. The van der Waals surface area contributed by atoms with Crippen LogP contribution in [0.15, 0.2) is 352 Å². The number of hydrogen-bond acceptors (Lipinski definition) is 8. The Bertz CT molecular complexity index is 7550. The van der Waals surface area contributed by atoms with Gasteiger partial charge in [0.25, 0.3) is 0 Å². The van der Waals surface area contributed by atoms with Crippen molar-refractivity contribution >= 4 is 161 Å². The molecule has 0 atom stereocenters. The van der Waals surface area contributed by atoms with Crippen molar-refractivity contribution in [3.63, 3.8) is 0 Å². The van der Waals surface area contributed by atoms with Crippen molar-refractivity contribution < 1.29 is 0 Å². The highest BCUT2D eigenvalue weighted by molar-refractivity contribution is 7.27. The molecule has 0 aliphatic rings. The lowest BCUT2D eigenvalue weighted by Gasteiger charge is -2.14. The van der Waals surface area contributed by atoms with Gasteiger partial charge < -0.3 is 9.13 Å². The zero-order valence-corrected chi connectivity index (χ0v) is 59.5. The molecule has 0 fully saturated rings. The number of fused-ring (bicyclic) bond motifs is 23. The number of pyridine rings is 2. The van der Waals surface area contributed by atoms with Crippen LogP contribution in [0.25, 0.3) is 217 Å². The van der Waals surface area contributed by atoms with Crippen LogP contribution in [-0.2, 0) is 0 Å². The number of nitrogens with zero attached hydrogens (tertiary/aromatic N) is 8. The Morgan fingerprint density at radius 3 is 1.10 bits per heavy atom. The largest absolute Gasteiger partial charge is 0.309 e. The first-order chi connectivity index (χ1) is 53.6. The molecule has 23 rings (SSSR count). The third-order valence-electron chi connectivity index (χ3n) is 21.5. The summed E-state index contributed by atoms with van der Waals surface area (Å²) in [6.45, 7) is 0. The first-order valence-electron chi connectivity index (χ1n) is 36.3. The highest BCUT2D eigenvalue weighted by Crippen LogP contribution is 2.51. The van der Waals surface area contributed by atoms with Gasteiger partial charge in [0.05, 0.1) is 33.5 Å². The molecule has 8 nitrogen and oxygen atoms in total. The number of benzene rings is 15. The normalized spacial score (nSPS) is 11.9. The summed E-state index contributed by atoms with van der Waals surface area (Å²) < 4.78 is 10.2. The summed E-state index contributed by atoms with van der Waals surface area (Å²) in [6.07, 6.45) is 3.61. The number of para-hydroxylation sites is 2. The first-order valence-corrected chi connectivity index (χ1v) is 37.9. The van der Waals surface area contributed by atoms with Crippen molar-refractivity contribution in [3.05, 3.63) is 352 Å². The summed E-state index contributed by atoms with van der Waals surface area (Å²) in [5, 5.41) is 19.7. The second kappa shape index (κ2) is 24.9. The predicted octanol–water partition coefficient (Wildman–Crippen LogP) is 26.4. The average molecular weight is 1410 g/mol. The smallest absolute Gasteiger partial charge is 0.163 e. The van der Waals surface area contributed by atoms with Crippen LogP contribution < -0.4 is 0 Å². The summed E-state index contributed by atoms with van der Waals surface area (Å²) in [7, 11) is 0. The summed E-state index contributed by atoms with van der Waals surface area (Å²) in [6, 6.07) is 121. The number of hydrogen-bond donors (Lipinski definition) is 0. The van der Waals surface area contributed by atoms with Crippen molar-refractivity contribution in [1.82, 2.24) is 39.0 Å². The summed E-state index contributed by atoms with van der Waals surface area (Å²) in [4.78, 5) is 29.9. The fourth-order valence-corrected chi connectivity index (χ4v) is 19.2. The van der Waals surface area contributed by atoms with Crippen LogP contribution in [0.3, 0.4) is 0 Å². The summed E-state index contributed by atoms with van der Waals surface area (Å²) in [5.41, 5.74) is 18.6. The van der Waals surface area contributed by atoms with E-state index in [4.69, 9.17) is 24.9 Å². The SMILES string of the molecule is c1ccc(-c2cc(-c3ccccc3)cc(-c3nc(-c4ccc(-n5c6ccccc6c6c7sc8ccccc8c7c7ccccc7c65)cc4)nc4ncccc34)c2)cc1.c1ccc2cc(-c3nc(-c4ccc(-n5c6ccccc6c6c7sc8ccccc8c7c7ccccc7c65)cc4)nc4ncccc34)ccc2c1. The molecule has 8 heterocycles. The minimum atomic E-state index is 0.638. The Morgan fingerprint density at radius 1 is 0.231 bits per heavy atom. The Balaban J connectivity index is 0.000000135. The van der Waals surface area contributed by atoms with Gasteiger partial charge in [0.15, 0.2) is 22.9 Å². The van der Waals surface area contributed by atoms with Crippen molar-refractivity contribution in [2.24, 2.45) is 0 Å². The third kappa shape index (κ3) is 9.88. The molecule has 0 aliphatic heterocycles. The van der Waals surface area contributed by atoms with E-state index >= 15 is 0 Å². The molecule has 108 heavy (non-hydrogen) atoms. The van der Waals surface area contributed by atoms with E-state index in [0.29, 0.717) is 22.9 Å². The molecule has 15 aromatic carbocycles. The highest BCUT2D eigenvalue weighted by Gasteiger charge is 2.25. The molecule has 0 unspecified atom stereocenters. The van der Waals surface area contributed by atoms with Gasteiger partial charge in [0, 0.05) is 129 Å². The molecule has 0 amide bonds. The highest BCUT2D eigenvalue weighted by atomic mass is 32.1. The molecular weight excluding hydrogens is 1350 g/mol. The minimum absolute atomic E-state index is 0.638. The van der Waals surface area contributed by atoms with Gasteiger partial charge in [-0.2, -0.15) is 0 Å². The van der Waals surface area contributed by atoms with Gasteiger partial charge in [-0.1, -0.05) is 218 Å². The lowest BCUT2D eigenvalue weighted by Crippen LogP contribution is -1.98. The van der Waals surface area contributed by atoms with Crippen LogP contribution in [-0.4, -0.2) is 39.0 Å². The topological polar surface area (TPSA) is 87.2 Å². The maximum atomic E-state index is 5.34. The Hall–Kier alpha value is -13.9. The second-order valence-corrected chi connectivity index (χ2v) is 29.7. The van der Waals surface area contributed by atoms with E-state index in [1.165, 1.54) is 116 Å². The van der Waals surface area contributed by atoms with E-state index in [1.807, 2.05) is 41.0 Å². The predicted molar refractivity (Wildman–Crippen MR) is 454 cm³/mol. The molecular formula is C98H58N8S2. The van der Waals surface area contributed by atoms with E-state index < -0.39 is 0 Å². The maximum absolute atomic E-state index is 5.34. The summed E-state index contributed by atoms with van der Waals surface area (Å²) >= 11 is 3.79. The van der Waals surface area contributed by atoms with E-state index in [1.54, 1.807) is 6.20 Å². The molecule has 0 spiro atoms. The third-order valence-corrected chi connectivity index (χ3v) is 23.8. The lowest BCUT2D eigenvalue weighted by molar-refractivity contribution is 1.17. The van der Waals surface area contributed by atoms with Crippen LogP contribution in [0.2, 0.25) is 0 Å². The minimum Gasteiger partial charge on any atom is -0.309 e. The van der Waals surface area contributed by atoms with Gasteiger partial charge in [-0.15, -0.1) is 22.7 Å². The van der Waals surface area contributed by atoms with Crippen molar-refractivity contribution in [3.8, 4) is 78.9 Å². The molecule has 0 bridgehead atoms. The number of rotatable bonds is 8. The van der Waals surface area contributed by atoms with Gasteiger partial charge in [0.1, 0.15) is 0 Å². The zero-order valence-electron chi connectivity index (χ0n) is 57.9. The molecule has 8 aromatic heterocycles. The fourth-order valence-electron chi connectivity index (χ4n) is 16.6. The van der Waals surface area contributed by atoms with Gasteiger partial charge >= 0.3 is 0 Å². The Kier molecular flexibility index (Phi) is 14.2. The summed E-state index contributed by atoms with van der Waals surface area (Å²) in [5.74, 6) is 1.30. The molecule has 502 valence electrons. The van der Waals surface area contributed by atoms with Crippen LogP contribution in [0.1, 0.15) is 0 Å². The van der Waals surface area contributed by atoms with E-state index in [2.05, 4.69) is 342 Å². The maximum Gasteiger partial charge on any atom is 0.163 e. The van der Waals surface area contributed by atoms with Crippen LogP contribution in [0.4, 0.5) is 0 Å². The van der Waals surface area contributed by atoms with Gasteiger partial charge in [0.2, 0.25) is 0 Å². The molecule has 0 radical (unpaired) electrons. The molecule has 0 N–H and O–H groups in total. The monoisotopic (exact) mass is 1410 g/mol. The standard InChI is InChI=1S/C53H32N4S.C45H26N4S/c1-3-14-33(15-4-1)36-30-37(34-16-5-2-6-17-34)32-38(31-36)49-44-22-13-29-54-53(44)56-52(55-49)35-25-27-39(28-26-35)57-45-23-11-9-20-42(45)48-50(57)41-19-8-7-18-40(41)47-43-21-10-12-24-46(43)58-51(47)48;1-2-11-29-26-30(20-19-27(29)10-1)41-36-16-9-25-46-45(36)48-44(47-41)28-21-23-31(24-22-28)49-37-17-7-5-14-34(37)40-42(49)33-13-4-3-12-32(33)39-35-15-6-8-18-38(35)50-43(39)40/h1-32H;1-26H. The zero-order chi connectivity index (χ0) is 70.9. The average Bonchev–Trinajstić information content (AvgIpc) is 1.54. The van der Waals surface area contributed by atoms with Crippen molar-refractivity contribution in [2.45, 2.75) is 0 Å². The van der Waals surface area contributed by atoms with Gasteiger partial charge in [-0.25, -0.2) is 29.9 Å². The van der Waals surface area contributed by atoms with Crippen LogP contribution >= 0.6 is 22.7 Å². The van der Waals surface area contributed by atoms with Crippen LogP contribution in [0, 0.1) is 0 Å². The van der Waals surface area contributed by atoms with Gasteiger partial charge in [-0.05, 0) is 165 Å². The molecule has 0 aliphatic carbocycles. The lowest BCUT2D eigenvalue weighted by atomic mass is 9.94. The van der Waals surface area contributed by atoms with E-state index in [9.17, 15) is 0 Å². The Labute approximate surface area is 626 Å². The molecule has 0 saturated heterocycles. The molecule has 10 heteroatoms. The van der Waals surface area contributed by atoms with E-state index in [0.717, 1.165) is 78.0 Å². The quantitative estimate of drug-likeness (QED) is 0.151. The molecule has 0 saturated carbocycles. The van der Waals surface area contributed by atoms with Crippen LogP contribution in [0.5, 0.6) is 0 Å². The number of thiophene rings is 2. The first kappa shape index (κ1) is 61.6. The van der Waals surface area contributed by atoms with Crippen molar-refractivity contribution in [1.29, 1.82) is 0 Å². The molecule has 23 aromatic rings. The van der Waals surface area contributed by atoms with Gasteiger partial charge in [-0.3, -0.25) is 0 Å². The Morgan fingerprint density at radius 2 is 0.611 bits per heavy atom. The number of aromatic nitrogens is 8. The fraction of sp³-hybridized carbons (Fsp3) is 0. The van der Waals surface area contributed by atoms with Crippen molar-refractivity contribution in [2.75, 3.05) is 0 Å².